The molecule has 0 radical (unpaired) electrons. The first-order valence-corrected chi connectivity index (χ1v) is 12.9. The molecule has 3 rings (SSSR count). The number of thioether (sulfide) groups is 1. The number of amides is 1. The van der Waals surface area contributed by atoms with E-state index in [-0.39, 0.29) is 23.8 Å². The highest BCUT2D eigenvalue weighted by molar-refractivity contribution is 7.99. The molecule has 3 aromatic rings. The number of nitrogens with one attached hydrogen (secondary N) is 1. The van der Waals surface area contributed by atoms with Crippen LogP contribution >= 0.6 is 11.8 Å². The van der Waals surface area contributed by atoms with Crippen LogP contribution in [0.4, 0.5) is 0 Å². The van der Waals surface area contributed by atoms with Gasteiger partial charge in [-0.1, -0.05) is 81.9 Å². The van der Waals surface area contributed by atoms with Gasteiger partial charge in [0.05, 0.1) is 11.8 Å². The summed E-state index contributed by atoms with van der Waals surface area (Å²) in [5.41, 5.74) is 2.36. The maximum atomic E-state index is 12.6. The second-order valence-electron chi connectivity index (χ2n) is 9.32. The van der Waals surface area contributed by atoms with E-state index in [1.54, 1.807) is 0 Å². The minimum Gasteiger partial charge on any atom is -0.483 e. The predicted octanol–water partition coefficient (Wildman–Crippen LogP) is 6.17. The van der Waals surface area contributed by atoms with Crippen molar-refractivity contribution in [1.82, 2.24) is 20.1 Å². The average Bonchev–Trinajstić information content (AvgIpc) is 3.20. The number of carbonyl (C=O) groups excluding carboxylic acids is 1. The standard InChI is InChI=1S/C27H36N4O2S/c1-18(2)16-31-26(21(6)33-24-14-12-22(13-15-24)19(3)4)29-30-27(31)34-17-25(32)28-20(5)23-10-8-7-9-11-23/h7-15,18-21H,16-17H2,1-6H3,(H,28,32). The van der Waals surface area contributed by atoms with E-state index in [0.29, 0.717) is 11.8 Å². The van der Waals surface area contributed by atoms with E-state index in [1.165, 1.54) is 17.3 Å². The summed E-state index contributed by atoms with van der Waals surface area (Å²) in [4.78, 5) is 12.6. The highest BCUT2D eigenvalue weighted by Gasteiger charge is 2.21. The first-order chi connectivity index (χ1) is 16.2. The molecule has 6 nitrogen and oxygen atoms in total. The maximum Gasteiger partial charge on any atom is 0.230 e. The molecular formula is C27H36N4O2S. The van der Waals surface area contributed by atoms with E-state index in [0.717, 1.165) is 28.8 Å². The van der Waals surface area contributed by atoms with E-state index in [2.05, 4.69) is 59.9 Å². The molecule has 182 valence electrons. The number of ether oxygens (including phenoxy) is 1. The smallest absolute Gasteiger partial charge is 0.230 e. The molecule has 0 saturated heterocycles. The van der Waals surface area contributed by atoms with Crippen LogP contribution in [0, 0.1) is 5.92 Å². The molecule has 2 aromatic carbocycles. The second kappa shape index (κ2) is 12.1. The van der Waals surface area contributed by atoms with E-state index in [1.807, 2.05) is 56.3 Å². The number of nitrogens with zero attached hydrogens (tertiary/aromatic N) is 3. The van der Waals surface area contributed by atoms with Gasteiger partial charge in [-0.2, -0.15) is 0 Å². The van der Waals surface area contributed by atoms with Crippen molar-refractivity contribution in [1.29, 1.82) is 0 Å². The van der Waals surface area contributed by atoms with Gasteiger partial charge in [0, 0.05) is 6.54 Å². The fourth-order valence-corrected chi connectivity index (χ4v) is 4.44. The van der Waals surface area contributed by atoms with Crippen LogP contribution in [0.3, 0.4) is 0 Å². The van der Waals surface area contributed by atoms with E-state index in [4.69, 9.17) is 4.74 Å². The molecule has 2 unspecified atom stereocenters. The van der Waals surface area contributed by atoms with Crippen molar-refractivity contribution in [2.75, 3.05) is 5.75 Å². The topological polar surface area (TPSA) is 69.0 Å². The molecule has 1 N–H and O–H groups in total. The molecule has 1 amide bonds. The second-order valence-corrected chi connectivity index (χ2v) is 10.3. The van der Waals surface area contributed by atoms with Crippen LogP contribution in [-0.4, -0.2) is 26.4 Å². The van der Waals surface area contributed by atoms with Crippen molar-refractivity contribution in [2.24, 2.45) is 5.92 Å². The van der Waals surface area contributed by atoms with Gasteiger partial charge in [-0.3, -0.25) is 4.79 Å². The zero-order chi connectivity index (χ0) is 24.7. The number of aromatic nitrogens is 3. The van der Waals surface area contributed by atoms with Crippen molar-refractivity contribution < 1.29 is 9.53 Å². The number of carbonyl (C=O) groups is 1. The molecule has 0 fully saturated rings. The van der Waals surface area contributed by atoms with Crippen LogP contribution in [0.2, 0.25) is 0 Å². The first-order valence-electron chi connectivity index (χ1n) is 11.9. The lowest BCUT2D eigenvalue weighted by atomic mass is 10.0. The third-order valence-electron chi connectivity index (χ3n) is 5.53. The summed E-state index contributed by atoms with van der Waals surface area (Å²) in [6.07, 6.45) is -0.266. The van der Waals surface area contributed by atoms with Gasteiger partial charge in [0.25, 0.3) is 0 Å². The molecule has 1 aromatic heterocycles. The number of rotatable bonds is 11. The maximum absolute atomic E-state index is 12.6. The number of hydrogen-bond acceptors (Lipinski definition) is 5. The van der Waals surface area contributed by atoms with Gasteiger partial charge in [0.2, 0.25) is 5.91 Å². The van der Waals surface area contributed by atoms with Crippen LogP contribution in [-0.2, 0) is 11.3 Å². The average molecular weight is 481 g/mol. The zero-order valence-corrected chi connectivity index (χ0v) is 21.8. The molecule has 7 heteroatoms. The van der Waals surface area contributed by atoms with Gasteiger partial charge in [0.15, 0.2) is 17.1 Å². The molecule has 0 saturated carbocycles. The highest BCUT2D eigenvalue weighted by atomic mass is 32.2. The summed E-state index contributed by atoms with van der Waals surface area (Å²) in [7, 11) is 0. The molecule has 0 bridgehead atoms. The SMILES string of the molecule is CC(C)Cn1c(SCC(=O)NC(C)c2ccccc2)nnc1C(C)Oc1ccc(C(C)C)cc1. The van der Waals surface area contributed by atoms with E-state index < -0.39 is 0 Å². The number of hydrogen-bond donors (Lipinski definition) is 1. The summed E-state index contributed by atoms with van der Waals surface area (Å²) >= 11 is 1.41. The largest absolute Gasteiger partial charge is 0.483 e. The van der Waals surface area contributed by atoms with Crippen molar-refractivity contribution in [2.45, 2.75) is 71.3 Å². The Kier molecular flexibility index (Phi) is 9.16. The monoisotopic (exact) mass is 480 g/mol. The van der Waals surface area contributed by atoms with E-state index >= 15 is 0 Å². The van der Waals surface area contributed by atoms with Gasteiger partial charge >= 0.3 is 0 Å². The summed E-state index contributed by atoms with van der Waals surface area (Å²) in [6, 6.07) is 18.1. The van der Waals surface area contributed by atoms with E-state index in [9.17, 15) is 4.79 Å². The van der Waals surface area contributed by atoms with Crippen molar-refractivity contribution >= 4 is 17.7 Å². The van der Waals surface area contributed by atoms with Gasteiger partial charge in [-0.25, -0.2) is 0 Å². The summed E-state index contributed by atoms with van der Waals surface area (Å²) < 4.78 is 8.27. The molecule has 34 heavy (non-hydrogen) atoms. The molecule has 0 aliphatic heterocycles. The third-order valence-corrected chi connectivity index (χ3v) is 6.49. The van der Waals surface area contributed by atoms with Gasteiger partial charge in [0.1, 0.15) is 5.75 Å². The Labute approximate surface area is 207 Å². The lowest BCUT2D eigenvalue weighted by molar-refractivity contribution is -0.119. The Morgan fingerprint density at radius 1 is 0.941 bits per heavy atom. The molecule has 2 atom stereocenters. The normalized spacial score (nSPS) is 13.2. The Morgan fingerprint density at radius 2 is 1.62 bits per heavy atom. The van der Waals surface area contributed by atoms with Gasteiger partial charge in [-0.05, 0) is 48.9 Å². The molecular weight excluding hydrogens is 444 g/mol. The Bertz CT molecular complexity index is 1050. The zero-order valence-electron chi connectivity index (χ0n) is 21.0. The molecule has 0 spiro atoms. The summed E-state index contributed by atoms with van der Waals surface area (Å²) in [6.45, 7) is 13.4. The van der Waals surface area contributed by atoms with Crippen molar-refractivity contribution in [3.8, 4) is 5.75 Å². The van der Waals surface area contributed by atoms with Crippen molar-refractivity contribution in [3.05, 3.63) is 71.5 Å². The molecule has 0 aliphatic carbocycles. The van der Waals surface area contributed by atoms with Gasteiger partial charge < -0.3 is 14.6 Å². The fraction of sp³-hybridized carbons (Fsp3) is 0.444. The van der Waals surface area contributed by atoms with Crippen LogP contribution in [0.1, 0.15) is 76.6 Å². The predicted molar refractivity (Wildman–Crippen MR) is 138 cm³/mol. The van der Waals surface area contributed by atoms with Crippen LogP contribution in [0.15, 0.2) is 59.8 Å². The Balaban J connectivity index is 1.66. The molecule has 1 heterocycles. The fourth-order valence-electron chi connectivity index (χ4n) is 3.67. The minimum atomic E-state index is -0.266. The molecule has 0 aliphatic rings. The highest BCUT2D eigenvalue weighted by Crippen LogP contribution is 2.27. The van der Waals surface area contributed by atoms with Crippen LogP contribution < -0.4 is 10.1 Å². The van der Waals surface area contributed by atoms with Gasteiger partial charge in [-0.15, -0.1) is 10.2 Å². The summed E-state index contributed by atoms with van der Waals surface area (Å²) in [5.74, 6) is 2.70. The van der Waals surface area contributed by atoms with Crippen LogP contribution in [0.5, 0.6) is 5.75 Å². The minimum absolute atomic E-state index is 0.0310. The van der Waals surface area contributed by atoms with Crippen molar-refractivity contribution in [3.63, 3.8) is 0 Å². The van der Waals surface area contributed by atoms with Crippen LogP contribution in [0.25, 0.3) is 0 Å². The Morgan fingerprint density at radius 3 is 2.24 bits per heavy atom. The summed E-state index contributed by atoms with van der Waals surface area (Å²) in [5, 5.41) is 12.6. The Hall–Kier alpha value is -2.80. The third kappa shape index (κ3) is 7.10. The lowest BCUT2D eigenvalue weighted by Crippen LogP contribution is -2.28. The lowest BCUT2D eigenvalue weighted by Gasteiger charge is -2.18. The quantitative estimate of drug-likeness (QED) is 0.333. The number of benzene rings is 2. The first kappa shape index (κ1) is 25.8.